The molecule has 1 aromatic rings. The first kappa shape index (κ1) is 23.8. The molecule has 2 unspecified atom stereocenters. The van der Waals surface area contributed by atoms with E-state index in [2.05, 4.69) is 30.1 Å². The lowest BCUT2D eigenvalue weighted by Gasteiger charge is -2.39. The Hall–Kier alpha value is -1.90. The smallest absolute Gasteiger partial charge is 0.310 e. The molecule has 2 aliphatic rings. The molecule has 1 saturated carbocycles. The number of hydrogen-bond acceptors (Lipinski definition) is 6. The molecule has 1 aliphatic heterocycles. The second kappa shape index (κ2) is 9.71. The zero-order valence-corrected chi connectivity index (χ0v) is 20.3. The molecule has 1 aromatic carbocycles. The fraction of sp³-hybridized carbons (Fsp3) is 0.652. The van der Waals surface area contributed by atoms with Gasteiger partial charge in [0.15, 0.2) is 14.2 Å². The van der Waals surface area contributed by atoms with E-state index in [4.69, 9.17) is 20.1 Å². The molecule has 1 aliphatic carbocycles. The van der Waals surface area contributed by atoms with Crippen molar-refractivity contribution in [3.05, 3.63) is 35.4 Å². The fourth-order valence-corrected chi connectivity index (χ4v) is 6.87. The van der Waals surface area contributed by atoms with E-state index in [1.807, 2.05) is 31.2 Å². The van der Waals surface area contributed by atoms with Crippen LogP contribution in [-0.4, -0.2) is 56.5 Å². The number of ether oxygens (including phenoxy) is 1. The van der Waals surface area contributed by atoms with Crippen LogP contribution in [0.4, 0.5) is 0 Å². The summed E-state index contributed by atoms with van der Waals surface area (Å²) in [6, 6.07) is 7.74. The molecular weight excluding hydrogens is 410 g/mol. The first-order chi connectivity index (χ1) is 14.7. The predicted molar refractivity (Wildman–Crippen MR) is 124 cm³/mol. The molecule has 8 heteroatoms. The lowest BCUT2D eigenvalue weighted by atomic mass is 9.97. The van der Waals surface area contributed by atoms with Gasteiger partial charge in [-0.15, -0.1) is 0 Å². The van der Waals surface area contributed by atoms with Crippen molar-refractivity contribution in [3.63, 3.8) is 0 Å². The standard InChI is InChI=1S/C23H37N3O4Si/c1-5-29-22(27)19-7-6-14-26(15-19)16-20(30-31(3,4)23(2)12-13-23)17-8-10-18(11-9-17)21(24)25-28/h8-11,19-20,28H,5-7,12-16H2,1-4H3,(H2,24,25). The summed E-state index contributed by atoms with van der Waals surface area (Å²) in [5.74, 6) is -0.0611. The highest BCUT2D eigenvalue weighted by atomic mass is 28.4. The van der Waals surface area contributed by atoms with E-state index in [-0.39, 0.29) is 23.8 Å². The van der Waals surface area contributed by atoms with Crippen molar-refractivity contribution in [1.29, 1.82) is 0 Å². The molecule has 2 atom stereocenters. The van der Waals surface area contributed by atoms with Gasteiger partial charge < -0.3 is 20.1 Å². The van der Waals surface area contributed by atoms with Crippen LogP contribution in [0.25, 0.3) is 0 Å². The molecule has 3 rings (SSSR count). The third kappa shape index (κ3) is 5.67. The predicted octanol–water partition coefficient (Wildman–Crippen LogP) is 3.87. The van der Waals surface area contributed by atoms with Crippen molar-refractivity contribution < 1.29 is 19.2 Å². The summed E-state index contributed by atoms with van der Waals surface area (Å²) in [6.45, 7) is 11.7. The van der Waals surface area contributed by atoms with Crippen molar-refractivity contribution in [1.82, 2.24) is 4.90 Å². The van der Waals surface area contributed by atoms with Gasteiger partial charge in [-0.3, -0.25) is 9.69 Å². The third-order valence-electron chi connectivity index (χ3n) is 7.13. The van der Waals surface area contributed by atoms with E-state index < -0.39 is 8.32 Å². The lowest BCUT2D eigenvalue weighted by Crippen LogP contribution is -2.45. The Kier molecular flexibility index (Phi) is 7.44. The van der Waals surface area contributed by atoms with Crippen LogP contribution in [0, 0.1) is 5.92 Å². The normalized spacial score (nSPS) is 22.7. The molecule has 7 nitrogen and oxygen atoms in total. The summed E-state index contributed by atoms with van der Waals surface area (Å²) in [7, 11) is -1.92. The second-order valence-electron chi connectivity index (χ2n) is 9.64. The van der Waals surface area contributed by atoms with Crippen molar-refractivity contribution >= 4 is 20.1 Å². The molecule has 0 amide bonds. The highest BCUT2D eigenvalue weighted by molar-refractivity contribution is 6.75. The minimum Gasteiger partial charge on any atom is -0.466 e. The van der Waals surface area contributed by atoms with Gasteiger partial charge in [0, 0.05) is 18.7 Å². The Morgan fingerprint density at radius 1 is 1.35 bits per heavy atom. The lowest BCUT2D eigenvalue weighted by molar-refractivity contribution is -0.150. The average Bonchev–Trinajstić information content (AvgIpc) is 3.52. The maximum absolute atomic E-state index is 12.3. The Balaban J connectivity index is 1.78. The number of carbonyl (C=O) groups excluding carboxylic acids is 1. The third-order valence-corrected chi connectivity index (χ3v) is 11.4. The maximum atomic E-state index is 12.3. The summed E-state index contributed by atoms with van der Waals surface area (Å²) in [5, 5.41) is 12.4. The first-order valence-corrected chi connectivity index (χ1v) is 14.2. The van der Waals surface area contributed by atoms with Crippen molar-refractivity contribution in [2.75, 3.05) is 26.2 Å². The zero-order chi connectivity index (χ0) is 22.6. The van der Waals surface area contributed by atoms with Crippen molar-refractivity contribution in [3.8, 4) is 0 Å². The number of likely N-dealkylation sites (tertiary alicyclic amines) is 1. The molecule has 1 heterocycles. The van der Waals surface area contributed by atoms with Crippen molar-refractivity contribution in [2.24, 2.45) is 16.8 Å². The van der Waals surface area contributed by atoms with Crippen LogP contribution in [-0.2, 0) is 14.0 Å². The van der Waals surface area contributed by atoms with Crippen LogP contribution < -0.4 is 5.73 Å². The molecule has 2 fully saturated rings. The van der Waals surface area contributed by atoms with Crippen LogP contribution in [0.2, 0.25) is 18.1 Å². The van der Waals surface area contributed by atoms with Crippen molar-refractivity contribution in [2.45, 2.75) is 63.8 Å². The first-order valence-electron chi connectivity index (χ1n) is 11.3. The number of oxime groups is 1. The number of rotatable bonds is 9. The fourth-order valence-electron chi connectivity index (χ4n) is 4.33. The minimum absolute atomic E-state index is 0.0662. The maximum Gasteiger partial charge on any atom is 0.310 e. The number of benzene rings is 1. The van der Waals surface area contributed by atoms with Crippen LogP contribution in [0.15, 0.2) is 29.4 Å². The molecule has 0 bridgehead atoms. The van der Waals surface area contributed by atoms with Gasteiger partial charge in [-0.1, -0.05) is 36.3 Å². The van der Waals surface area contributed by atoms with E-state index in [0.29, 0.717) is 23.8 Å². The molecule has 1 saturated heterocycles. The Morgan fingerprint density at radius 3 is 2.61 bits per heavy atom. The molecular formula is C23H37N3O4Si. The Morgan fingerprint density at radius 2 is 2.03 bits per heavy atom. The molecule has 172 valence electrons. The summed E-state index contributed by atoms with van der Waals surface area (Å²) >= 11 is 0. The van der Waals surface area contributed by atoms with Crippen LogP contribution in [0.5, 0.6) is 0 Å². The molecule has 31 heavy (non-hydrogen) atoms. The van der Waals surface area contributed by atoms with Gasteiger partial charge in [-0.25, -0.2) is 0 Å². The summed E-state index contributed by atoms with van der Waals surface area (Å²) in [5.41, 5.74) is 7.49. The van der Waals surface area contributed by atoms with E-state index in [1.165, 1.54) is 12.8 Å². The molecule has 3 N–H and O–H groups in total. The molecule has 0 spiro atoms. The number of carbonyl (C=O) groups is 1. The van der Waals surface area contributed by atoms with Crippen LogP contribution in [0.3, 0.4) is 0 Å². The summed E-state index contributed by atoms with van der Waals surface area (Å²) in [4.78, 5) is 14.6. The van der Waals surface area contributed by atoms with Gasteiger partial charge in [-0.05, 0) is 62.8 Å². The van der Waals surface area contributed by atoms with E-state index >= 15 is 0 Å². The Bertz CT molecular complexity index is 793. The molecule has 0 aromatic heterocycles. The minimum atomic E-state index is -1.92. The number of amidine groups is 1. The van der Waals surface area contributed by atoms with E-state index in [1.54, 1.807) is 0 Å². The number of esters is 1. The number of nitrogens with two attached hydrogens (primary N) is 1. The highest BCUT2D eigenvalue weighted by Crippen LogP contribution is 2.61. The summed E-state index contributed by atoms with van der Waals surface area (Å²) < 4.78 is 12.2. The summed E-state index contributed by atoms with van der Waals surface area (Å²) in [6.07, 6.45) is 4.25. The van der Waals surface area contributed by atoms with Gasteiger partial charge in [0.05, 0.1) is 18.6 Å². The quantitative estimate of drug-likeness (QED) is 0.149. The van der Waals surface area contributed by atoms with Gasteiger partial charge in [0.1, 0.15) is 0 Å². The van der Waals surface area contributed by atoms with Gasteiger partial charge >= 0.3 is 5.97 Å². The number of piperidine rings is 1. The monoisotopic (exact) mass is 447 g/mol. The molecule has 0 radical (unpaired) electrons. The Labute approximate surface area is 186 Å². The zero-order valence-electron chi connectivity index (χ0n) is 19.3. The van der Waals surface area contributed by atoms with Gasteiger partial charge in [0.2, 0.25) is 0 Å². The highest BCUT2D eigenvalue weighted by Gasteiger charge is 2.54. The largest absolute Gasteiger partial charge is 0.466 e. The van der Waals surface area contributed by atoms with Gasteiger partial charge in [0.25, 0.3) is 0 Å². The SMILES string of the molecule is CCOC(=O)C1CCCN(CC(O[Si](C)(C)C2(C)CC2)c2ccc(C(N)=NO)cc2)C1. The topological polar surface area (TPSA) is 97.4 Å². The van der Waals surface area contributed by atoms with E-state index in [9.17, 15) is 4.79 Å². The van der Waals surface area contributed by atoms with Crippen LogP contribution in [0.1, 0.15) is 56.8 Å². The number of hydrogen-bond donors (Lipinski definition) is 2. The number of nitrogens with zero attached hydrogens (tertiary/aromatic N) is 2. The van der Waals surface area contributed by atoms with Gasteiger partial charge in [-0.2, -0.15) is 0 Å². The van der Waals surface area contributed by atoms with E-state index in [0.717, 1.165) is 31.5 Å². The average molecular weight is 448 g/mol. The van der Waals surface area contributed by atoms with Crippen LogP contribution >= 0.6 is 0 Å². The second-order valence-corrected chi connectivity index (χ2v) is 14.1.